The van der Waals surface area contributed by atoms with Crippen molar-refractivity contribution in [2.45, 2.75) is 52.2 Å². The van der Waals surface area contributed by atoms with Crippen LogP contribution in [0.1, 0.15) is 54.7 Å². The lowest BCUT2D eigenvalue weighted by atomic mass is 10.1. The van der Waals surface area contributed by atoms with E-state index in [0.717, 1.165) is 34.9 Å². The Morgan fingerprint density at radius 3 is 2.74 bits per heavy atom. The number of H-pyrrole nitrogens is 1. The van der Waals surface area contributed by atoms with E-state index >= 15 is 0 Å². The van der Waals surface area contributed by atoms with E-state index < -0.39 is 0 Å². The molecule has 0 aliphatic heterocycles. The number of aromatic amines is 1. The maximum absolute atomic E-state index is 13.4. The van der Waals surface area contributed by atoms with Gasteiger partial charge < -0.3 is 10.1 Å². The topological polar surface area (TPSA) is 99.9 Å². The van der Waals surface area contributed by atoms with Crippen molar-refractivity contribution in [3.05, 3.63) is 87.2 Å². The van der Waals surface area contributed by atoms with E-state index in [1.165, 1.54) is 12.1 Å². The molecule has 4 rings (SSSR count). The van der Waals surface area contributed by atoms with Gasteiger partial charge >= 0.3 is 0 Å². The first-order valence-corrected chi connectivity index (χ1v) is 12.0. The summed E-state index contributed by atoms with van der Waals surface area (Å²) in [5, 5.41) is 23.0. The van der Waals surface area contributed by atoms with Crippen LogP contribution in [-0.2, 0) is 13.1 Å². The molecular formula is C26H31FN6O2. The lowest BCUT2D eigenvalue weighted by Gasteiger charge is -2.30. The molecule has 4 aromatic rings. The zero-order chi connectivity index (χ0) is 24.8. The predicted octanol–water partition coefficient (Wildman–Crippen LogP) is 3.74. The summed E-state index contributed by atoms with van der Waals surface area (Å²) in [6.45, 7) is 5.50. The van der Waals surface area contributed by atoms with Crippen LogP contribution in [0.15, 0.2) is 53.3 Å². The van der Waals surface area contributed by atoms with Crippen LogP contribution in [0.4, 0.5) is 4.39 Å². The predicted molar refractivity (Wildman–Crippen MR) is 132 cm³/mol. The van der Waals surface area contributed by atoms with E-state index in [4.69, 9.17) is 0 Å². The van der Waals surface area contributed by atoms with Gasteiger partial charge in [0, 0.05) is 25.3 Å². The first kappa shape index (κ1) is 24.7. The molecule has 0 bridgehead atoms. The monoisotopic (exact) mass is 478 g/mol. The number of pyridine rings is 1. The standard InChI is InChI=1S/C26H31FN6O2/c1-3-6-23(25-29-30-31-33(25)16-19-9-11-22(27)12-10-19)32(13-5-14-34)17-21-15-20-8-4-7-18(2)24(20)28-26(21)35/h4,7-12,15,23,34H,3,5-6,13-14,16-17H2,1-2H3,(H,28,35). The van der Waals surface area contributed by atoms with Crippen LogP contribution in [0.2, 0.25) is 0 Å². The Morgan fingerprint density at radius 2 is 2.00 bits per heavy atom. The van der Waals surface area contributed by atoms with Crippen LogP contribution in [0.5, 0.6) is 0 Å². The number of hydrogen-bond donors (Lipinski definition) is 2. The average Bonchev–Trinajstić information content (AvgIpc) is 3.30. The molecule has 0 spiro atoms. The highest BCUT2D eigenvalue weighted by atomic mass is 19.1. The van der Waals surface area contributed by atoms with Gasteiger partial charge in [0.15, 0.2) is 5.82 Å². The number of halogens is 1. The molecule has 1 atom stereocenters. The second kappa shape index (κ2) is 11.3. The SMILES string of the molecule is CCCC(c1nnnn1Cc1ccc(F)cc1)N(CCCO)Cc1cc2cccc(C)c2[nH]c1=O. The maximum Gasteiger partial charge on any atom is 0.252 e. The quantitative estimate of drug-likeness (QED) is 0.341. The van der Waals surface area contributed by atoms with Gasteiger partial charge in [0.1, 0.15) is 5.82 Å². The molecule has 0 saturated carbocycles. The number of rotatable bonds is 11. The Morgan fingerprint density at radius 1 is 1.20 bits per heavy atom. The third kappa shape index (κ3) is 5.80. The maximum atomic E-state index is 13.4. The summed E-state index contributed by atoms with van der Waals surface area (Å²) in [7, 11) is 0. The average molecular weight is 479 g/mol. The van der Waals surface area contributed by atoms with Crippen molar-refractivity contribution in [2.24, 2.45) is 0 Å². The third-order valence-corrected chi connectivity index (χ3v) is 6.25. The second-order valence-electron chi connectivity index (χ2n) is 8.84. The van der Waals surface area contributed by atoms with Gasteiger partial charge in [0.2, 0.25) is 0 Å². The van der Waals surface area contributed by atoms with Gasteiger partial charge in [-0.1, -0.05) is 43.7 Å². The van der Waals surface area contributed by atoms with Crippen LogP contribution in [0.25, 0.3) is 10.9 Å². The summed E-state index contributed by atoms with van der Waals surface area (Å²) in [6.07, 6.45) is 2.22. The fraction of sp³-hybridized carbons (Fsp3) is 0.385. The first-order chi connectivity index (χ1) is 17.0. The zero-order valence-electron chi connectivity index (χ0n) is 20.1. The van der Waals surface area contributed by atoms with E-state index in [1.54, 1.807) is 16.8 Å². The van der Waals surface area contributed by atoms with E-state index in [0.29, 0.717) is 37.4 Å². The van der Waals surface area contributed by atoms with Crippen LogP contribution in [-0.4, -0.2) is 48.3 Å². The molecule has 2 N–H and O–H groups in total. The number of aryl methyl sites for hydroxylation is 1. The summed E-state index contributed by atoms with van der Waals surface area (Å²) in [5.74, 6) is 0.391. The van der Waals surface area contributed by atoms with E-state index in [2.05, 4.69) is 32.3 Å². The summed E-state index contributed by atoms with van der Waals surface area (Å²) in [5.41, 5.74) is 3.28. The molecule has 0 aliphatic rings. The number of tetrazole rings is 1. The number of aliphatic hydroxyl groups excluding tert-OH is 1. The minimum atomic E-state index is -0.291. The van der Waals surface area contributed by atoms with Gasteiger partial charge in [0.05, 0.1) is 18.1 Å². The number of aliphatic hydroxyl groups is 1. The molecule has 9 heteroatoms. The van der Waals surface area contributed by atoms with Gasteiger partial charge in [-0.25, -0.2) is 9.07 Å². The fourth-order valence-corrected chi connectivity index (χ4v) is 4.46. The molecule has 2 aromatic carbocycles. The Kier molecular flexibility index (Phi) is 7.99. The molecule has 35 heavy (non-hydrogen) atoms. The second-order valence-corrected chi connectivity index (χ2v) is 8.84. The summed E-state index contributed by atoms with van der Waals surface area (Å²) >= 11 is 0. The molecule has 2 heterocycles. The number of nitrogens with zero attached hydrogens (tertiary/aromatic N) is 5. The number of para-hydroxylation sites is 1. The Hall–Kier alpha value is -3.43. The highest BCUT2D eigenvalue weighted by Crippen LogP contribution is 2.27. The number of fused-ring (bicyclic) bond motifs is 1. The molecule has 8 nitrogen and oxygen atoms in total. The van der Waals surface area contributed by atoms with Gasteiger partial charge in [-0.15, -0.1) is 5.10 Å². The lowest BCUT2D eigenvalue weighted by molar-refractivity contribution is 0.148. The summed E-state index contributed by atoms with van der Waals surface area (Å²) < 4.78 is 15.1. The van der Waals surface area contributed by atoms with Crippen molar-refractivity contribution < 1.29 is 9.50 Å². The minimum Gasteiger partial charge on any atom is -0.396 e. The van der Waals surface area contributed by atoms with Gasteiger partial charge in [0.25, 0.3) is 5.56 Å². The van der Waals surface area contributed by atoms with E-state index in [-0.39, 0.29) is 24.0 Å². The van der Waals surface area contributed by atoms with Crippen LogP contribution >= 0.6 is 0 Å². The Balaban J connectivity index is 1.67. The number of benzene rings is 2. The molecule has 2 aromatic heterocycles. The van der Waals surface area contributed by atoms with Crippen molar-refractivity contribution >= 4 is 10.9 Å². The third-order valence-electron chi connectivity index (χ3n) is 6.25. The molecular weight excluding hydrogens is 447 g/mol. The van der Waals surface area contributed by atoms with Crippen molar-refractivity contribution in [3.63, 3.8) is 0 Å². The normalized spacial score (nSPS) is 12.5. The smallest absolute Gasteiger partial charge is 0.252 e. The van der Waals surface area contributed by atoms with Crippen LogP contribution in [0.3, 0.4) is 0 Å². The van der Waals surface area contributed by atoms with Crippen molar-refractivity contribution in [1.29, 1.82) is 0 Å². The molecule has 0 radical (unpaired) electrons. The first-order valence-electron chi connectivity index (χ1n) is 12.0. The van der Waals surface area contributed by atoms with Crippen LogP contribution in [0, 0.1) is 12.7 Å². The number of nitrogens with one attached hydrogen (secondary N) is 1. The van der Waals surface area contributed by atoms with Gasteiger partial charge in [-0.2, -0.15) is 0 Å². The minimum absolute atomic E-state index is 0.0448. The molecule has 1 unspecified atom stereocenters. The lowest BCUT2D eigenvalue weighted by Crippen LogP contribution is -2.34. The molecule has 0 fully saturated rings. The number of hydrogen-bond acceptors (Lipinski definition) is 6. The fourth-order valence-electron chi connectivity index (χ4n) is 4.46. The molecule has 0 aliphatic carbocycles. The molecule has 0 amide bonds. The van der Waals surface area contributed by atoms with E-state index in [9.17, 15) is 14.3 Å². The molecule has 184 valence electrons. The van der Waals surface area contributed by atoms with Crippen molar-refractivity contribution in [2.75, 3.05) is 13.2 Å². The Bertz CT molecular complexity index is 1320. The summed E-state index contributed by atoms with van der Waals surface area (Å²) in [4.78, 5) is 18.2. The van der Waals surface area contributed by atoms with Crippen LogP contribution < -0.4 is 5.56 Å². The highest BCUT2D eigenvalue weighted by Gasteiger charge is 2.26. The Labute approximate surface area is 203 Å². The van der Waals surface area contributed by atoms with Crippen molar-refractivity contribution in [1.82, 2.24) is 30.1 Å². The van der Waals surface area contributed by atoms with Crippen molar-refractivity contribution in [3.8, 4) is 0 Å². The highest BCUT2D eigenvalue weighted by molar-refractivity contribution is 5.81. The van der Waals surface area contributed by atoms with Gasteiger partial charge in [-0.05, 0) is 64.9 Å². The molecule has 0 saturated heterocycles. The zero-order valence-corrected chi connectivity index (χ0v) is 20.1. The largest absolute Gasteiger partial charge is 0.396 e. The van der Waals surface area contributed by atoms with E-state index in [1.807, 2.05) is 31.2 Å². The number of aromatic nitrogens is 5. The summed E-state index contributed by atoms with van der Waals surface area (Å²) in [6, 6.07) is 14.0. The van der Waals surface area contributed by atoms with Gasteiger partial charge in [-0.3, -0.25) is 9.69 Å².